The molecule has 2 aromatic heterocycles. The minimum absolute atomic E-state index is 0.0786. The Balaban J connectivity index is 1.44. The standard InChI is InChI=1S/C20H23N5O3/c1-15-23-18(13-19(24-15)25-11-5-6-12-25)21-9-10-22-20(26)14-28-17-8-4-3-7-16(17)27-2/h3-8,11-13H,9-10,14H2,1-2H3,(H,22,26)(H,21,23,24). The Morgan fingerprint density at radius 1 is 1.07 bits per heavy atom. The Hall–Kier alpha value is -3.55. The van der Waals surface area contributed by atoms with Crippen molar-refractivity contribution < 1.29 is 14.3 Å². The minimum atomic E-state index is -0.209. The lowest BCUT2D eigenvalue weighted by molar-refractivity contribution is -0.123. The summed E-state index contributed by atoms with van der Waals surface area (Å²) in [7, 11) is 1.56. The number of aryl methyl sites for hydroxylation is 1. The van der Waals surface area contributed by atoms with Crippen LogP contribution in [-0.2, 0) is 4.79 Å². The van der Waals surface area contributed by atoms with Crippen LogP contribution in [-0.4, -0.2) is 47.2 Å². The van der Waals surface area contributed by atoms with Crippen LogP contribution >= 0.6 is 0 Å². The first kappa shape index (κ1) is 19.2. The van der Waals surface area contributed by atoms with Crippen molar-refractivity contribution >= 4 is 11.7 Å². The second-order valence-corrected chi connectivity index (χ2v) is 5.97. The zero-order valence-corrected chi connectivity index (χ0v) is 15.9. The molecule has 0 aliphatic carbocycles. The van der Waals surface area contributed by atoms with Gasteiger partial charge < -0.3 is 24.7 Å². The number of methoxy groups -OCH3 is 1. The molecule has 3 rings (SSSR count). The van der Waals surface area contributed by atoms with Gasteiger partial charge in [-0.25, -0.2) is 9.97 Å². The van der Waals surface area contributed by atoms with E-state index in [1.165, 1.54) is 0 Å². The number of hydrogen-bond acceptors (Lipinski definition) is 6. The van der Waals surface area contributed by atoms with Gasteiger partial charge in [-0.05, 0) is 31.2 Å². The molecule has 0 atom stereocenters. The number of nitrogens with one attached hydrogen (secondary N) is 2. The zero-order valence-electron chi connectivity index (χ0n) is 15.9. The van der Waals surface area contributed by atoms with Gasteiger partial charge in [0.2, 0.25) is 0 Å². The number of amides is 1. The van der Waals surface area contributed by atoms with Crippen LogP contribution in [0.4, 0.5) is 5.82 Å². The van der Waals surface area contributed by atoms with Gasteiger partial charge in [-0.15, -0.1) is 0 Å². The lowest BCUT2D eigenvalue weighted by Gasteiger charge is -2.11. The molecule has 1 aromatic carbocycles. The van der Waals surface area contributed by atoms with Crippen LogP contribution in [0.1, 0.15) is 5.82 Å². The van der Waals surface area contributed by atoms with Gasteiger partial charge in [-0.2, -0.15) is 0 Å². The molecule has 8 heteroatoms. The number of carbonyl (C=O) groups is 1. The van der Waals surface area contributed by atoms with Crippen LogP contribution in [0.5, 0.6) is 11.5 Å². The van der Waals surface area contributed by atoms with E-state index >= 15 is 0 Å². The smallest absolute Gasteiger partial charge is 0.258 e. The number of hydrogen-bond donors (Lipinski definition) is 2. The SMILES string of the molecule is COc1ccccc1OCC(=O)NCCNc1cc(-n2cccc2)nc(C)n1. The van der Waals surface area contributed by atoms with Crippen LogP contribution in [0, 0.1) is 6.92 Å². The first-order chi connectivity index (χ1) is 13.7. The molecule has 146 valence electrons. The third-order valence-electron chi connectivity index (χ3n) is 3.87. The summed E-state index contributed by atoms with van der Waals surface area (Å²) in [4.78, 5) is 20.7. The lowest BCUT2D eigenvalue weighted by Crippen LogP contribution is -2.32. The van der Waals surface area contributed by atoms with Crippen LogP contribution in [0.2, 0.25) is 0 Å². The third kappa shape index (κ3) is 5.23. The quantitative estimate of drug-likeness (QED) is 0.552. The van der Waals surface area contributed by atoms with Crippen molar-refractivity contribution in [1.82, 2.24) is 19.9 Å². The van der Waals surface area contributed by atoms with Crippen LogP contribution in [0.3, 0.4) is 0 Å². The maximum Gasteiger partial charge on any atom is 0.258 e. The van der Waals surface area contributed by atoms with Gasteiger partial charge in [0.25, 0.3) is 5.91 Å². The Kier molecular flexibility index (Phi) is 6.46. The number of para-hydroxylation sites is 2. The van der Waals surface area contributed by atoms with Crippen molar-refractivity contribution in [2.75, 3.05) is 32.1 Å². The lowest BCUT2D eigenvalue weighted by atomic mass is 10.3. The van der Waals surface area contributed by atoms with Crippen molar-refractivity contribution in [1.29, 1.82) is 0 Å². The minimum Gasteiger partial charge on any atom is -0.493 e. The van der Waals surface area contributed by atoms with Gasteiger partial charge in [-0.1, -0.05) is 12.1 Å². The Morgan fingerprint density at radius 3 is 2.57 bits per heavy atom. The highest BCUT2D eigenvalue weighted by Gasteiger charge is 2.07. The summed E-state index contributed by atoms with van der Waals surface area (Å²) >= 11 is 0. The molecule has 0 saturated carbocycles. The summed E-state index contributed by atoms with van der Waals surface area (Å²) in [5, 5.41) is 6.00. The molecular weight excluding hydrogens is 358 g/mol. The molecule has 28 heavy (non-hydrogen) atoms. The molecule has 2 N–H and O–H groups in total. The van der Waals surface area contributed by atoms with E-state index in [0.717, 1.165) is 5.82 Å². The van der Waals surface area contributed by atoms with Gasteiger partial charge in [0.05, 0.1) is 7.11 Å². The second kappa shape index (κ2) is 9.40. The molecule has 0 radical (unpaired) electrons. The molecular formula is C20H23N5O3. The molecule has 2 heterocycles. The molecule has 3 aromatic rings. The Labute approximate surface area is 163 Å². The van der Waals surface area contributed by atoms with Gasteiger partial charge in [0, 0.05) is 31.5 Å². The zero-order chi connectivity index (χ0) is 19.8. The second-order valence-electron chi connectivity index (χ2n) is 5.97. The summed E-state index contributed by atoms with van der Waals surface area (Å²) in [5.41, 5.74) is 0. The van der Waals surface area contributed by atoms with E-state index in [1.54, 1.807) is 19.2 Å². The first-order valence-corrected chi connectivity index (χ1v) is 8.91. The predicted molar refractivity (Wildman–Crippen MR) is 106 cm³/mol. The third-order valence-corrected chi connectivity index (χ3v) is 3.87. The number of carbonyl (C=O) groups excluding carboxylic acids is 1. The van der Waals surface area contributed by atoms with E-state index in [4.69, 9.17) is 9.47 Å². The van der Waals surface area contributed by atoms with E-state index in [1.807, 2.05) is 54.2 Å². The molecule has 0 saturated heterocycles. The maximum atomic E-state index is 12.0. The summed E-state index contributed by atoms with van der Waals surface area (Å²) in [6.45, 7) is 2.73. The number of nitrogens with zero attached hydrogens (tertiary/aromatic N) is 3. The van der Waals surface area contributed by atoms with Crippen LogP contribution in [0.25, 0.3) is 5.82 Å². The number of benzene rings is 1. The topological polar surface area (TPSA) is 90.3 Å². The van der Waals surface area contributed by atoms with Crippen molar-refractivity contribution in [2.45, 2.75) is 6.92 Å². The van der Waals surface area contributed by atoms with E-state index < -0.39 is 0 Å². The Morgan fingerprint density at radius 2 is 1.82 bits per heavy atom. The number of anilines is 1. The molecule has 0 aliphatic heterocycles. The average Bonchev–Trinajstić information content (AvgIpc) is 3.24. The van der Waals surface area contributed by atoms with Gasteiger partial charge in [0.15, 0.2) is 18.1 Å². The number of aromatic nitrogens is 3. The summed E-state index contributed by atoms with van der Waals surface area (Å²) in [6, 6.07) is 12.9. The molecule has 0 bridgehead atoms. The van der Waals surface area contributed by atoms with E-state index in [9.17, 15) is 4.79 Å². The fourth-order valence-electron chi connectivity index (χ4n) is 2.59. The summed E-state index contributed by atoms with van der Waals surface area (Å²) in [5.74, 6) is 3.08. The summed E-state index contributed by atoms with van der Waals surface area (Å²) < 4.78 is 12.6. The largest absolute Gasteiger partial charge is 0.493 e. The molecule has 8 nitrogen and oxygen atoms in total. The van der Waals surface area contributed by atoms with Crippen molar-refractivity contribution in [3.8, 4) is 17.3 Å². The fraction of sp³-hybridized carbons (Fsp3) is 0.250. The normalized spacial score (nSPS) is 10.4. The Bertz CT molecular complexity index is 912. The highest BCUT2D eigenvalue weighted by Crippen LogP contribution is 2.25. The van der Waals surface area contributed by atoms with Gasteiger partial charge >= 0.3 is 0 Å². The van der Waals surface area contributed by atoms with Crippen LogP contribution < -0.4 is 20.1 Å². The molecule has 0 fully saturated rings. The first-order valence-electron chi connectivity index (χ1n) is 8.91. The maximum absolute atomic E-state index is 12.0. The molecule has 1 amide bonds. The van der Waals surface area contributed by atoms with Crippen molar-refractivity contribution in [2.24, 2.45) is 0 Å². The summed E-state index contributed by atoms with van der Waals surface area (Å²) in [6.07, 6.45) is 3.85. The fourth-order valence-corrected chi connectivity index (χ4v) is 2.59. The average molecular weight is 381 g/mol. The predicted octanol–water partition coefficient (Wildman–Crippen LogP) is 2.19. The van der Waals surface area contributed by atoms with Crippen molar-refractivity contribution in [3.63, 3.8) is 0 Å². The monoisotopic (exact) mass is 381 g/mol. The van der Waals surface area contributed by atoms with Crippen molar-refractivity contribution in [3.05, 3.63) is 60.7 Å². The number of rotatable bonds is 9. The number of ether oxygens (including phenoxy) is 2. The van der Waals surface area contributed by atoms with E-state index in [2.05, 4.69) is 20.6 Å². The highest BCUT2D eigenvalue weighted by atomic mass is 16.5. The van der Waals surface area contributed by atoms with E-state index in [0.29, 0.717) is 36.2 Å². The molecule has 0 aliphatic rings. The highest BCUT2D eigenvalue weighted by molar-refractivity contribution is 5.77. The van der Waals surface area contributed by atoms with Gasteiger partial charge in [0.1, 0.15) is 17.5 Å². The van der Waals surface area contributed by atoms with Gasteiger partial charge in [-0.3, -0.25) is 4.79 Å². The molecule has 0 spiro atoms. The van der Waals surface area contributed by atoms with E-state index in [-0.39, 0.29) is 12.5 Å². The molecule has 0 unspecified atom stereocenters. The van der Waals surface area contributed by atoms with Crippen LogP contribution in [0.15, 0.2) is 54.9 Å².